The Morgan fingerprint density at radius 1 is 1.03 bits per heavy atom. The lowest BCUT2D eigenvalue weighted by atomic mass is 10.1. The van der Waals surface area contributed by atoms with Crippen LogP contribution < -0.4 is 0 Å². The molecule has 170 valence electrons. The lowest BCUT2D eigenvalue weighted by Crippen LogP contribution is -2.51. The van der Waals surface area contributed by atoms with Gasteiger partial charge in [-0.25, -0.2) is 0 Å². The summed E-state index contributed by atoms with van der Waals surface area (Å²) >= 11 is 0.821. The molecule has 1 fully saturated rings. The van der Waals surface area contributed by atoms with Crippen molar-refractivity contribution in [3.8, 4) is 0 Å². The van der Waals surface area contributed by atoms with Crippen molar-refractivity contribution in [1.29, 1.82) is 0 Å². The smallest absolute Gasteiger partial charge is 0.338 e. The number of piperazine rings is 1. The highest BCUT2D eigenvalue weighted by molar-refractivity contribution is 8.00. The van der Waals surface area contributed by atoms with Crippen molar-refractivity contribution in [3.63, 3.8) is 0 Å². The summed E-state index contributed by atoms with van der Waals surface area (Å²) < 4.78 is 38.4. The summed E-state index contributed by atoms with van der Waals surface area (Å²) in [7, 11) is 0. The quantitative estimate of drug-likeness (QED) is 0.377. The molecule has 0 saturated carbocycles. The Morgan fingerprint density at radius 2 is 1.62 bits per heavy atom. The van der Waals surface area contributed by atoms with Gasteiger partial charge in [-0.15, -0.1) is 11.8 Å². The SMILES string of the molecule is Cc1ccc(C(=O)N2CCN(C(=O)CSc3ccc(C(F)(F)F)cc3[N+](=O)[O-])CC2)cc1. The Balaban J connectivity index is 1.57. The Hall–Kier alpha value is -3.08. The number of alkyl halides is 3. The second kappa shape index (κ2) is 9.60. The number of carbonyl (C=O) groups is 2. The molecule has 2 amide bonds. The number of hydrogen-bond donors (Lipinski definition) is 0. The minimum atomic E-state index is -4.69. The van der Waals surface area contributed by atoms with Crippen molar-refractivity contribution in [3.05, 3.63) is 69.3 Å². The van der Waals surface area contributed by atoms with E-state index in [0.717, 1.165) is 29.5 Å². The number of benzene rings is 2. The number of nitro benzene ring substituents is 1. The summed E-state index contributed by atoms with van der Waals surface area (Å²) in [6.45, 7) is 3.25. The van der Waals surface area contributed by atoms with Crippen LogP contribution in [-0.2, 0) is 11.0 Å². The first kappa shape index (κ1) is 23.6. The molecule has 1 heterocycles. The highest BCUT2D eigenvalue weighted by atomic mass is 32.2. The van der Waals surface area contributed by atoms with E-state index in [4.69, 9.17) is 0 Å². The van der Waals surface area contributed by atoms with Crippen LogP contribution in [0.1, 0.15) is 21.5 Å². The van der Waals surface area contributed by atoms with Gasteiger partial charge in [-0.1, -0.05) is 17.7 Å². The summed E-state index contributed by atoms with van der Waals surface area (Å²) in [6.07, 6.45) is -4.69. The molecule has 0 aromatic heterocycles. The van der Waals surface area contributed by atoms with E-state index in [9.17, 15) is 32.9 Å². The number of halogens is 3. The van der Waals surface area contributed by atoms with Gasteiger partial charge in [-0.2, -0.15) is 13.2 Å². The van der Waals surface area contributed by atoms with Crippen LogP contribution in [0.15, 0.2) is 47.4 Å². The Kier molecular flexibility index (Phi) is 7.07. The first-order valence-electron chi connectivity index (χ1n) is 9.68. The van der Waals surface area contributed by atoms with Gasteiger partial charge in [0.15, 0.2) is 0 Å². The van der Waals surface area contributed by atoms with Gasteiger partial charge in [0.05, 0.1) is 21.1 Å². The van der Waals surface area contributed by atoms with E-state index >= 15 is 0 Å². The maximum atomic E-state index is 12.8. The predicted molar refractivity (Wildman–Crippen MR) is 112 cm³/mol. The molecule has 0 atom stereocenters. The average molecular weight is 467 g/mol. The van der Waals surface area contributed by atoms with Gasteiger partial charge in [-0.3, -0.25) is 19.7 Å². The van der Waals surface area contributed by atoms with Gasteiger partial charge in [-0.05, 0) is 31.2 Å². The third-order valence-corrected chi connectivity index (χ3v) is 6.10. The highest BCUT2D eigenvalue weighted by Crippen LogP contribution is 2.36. The fourth-order valence-corrected chi connectivity index (χ4v) is 4.13. The van der Waals surface area contributed by atoms with Gasteiger partial charge in [0, 0.05) is 37.8 Å². The van der Waals surface area contributed by atoms with E-state index in [-0.39, 0.29) is 22.5 Å². The number of nitro groups is 1. The topological polar surface area (TPSA) is 83.8 Å². The molecule has 2 aromatic carbocycles. The minimum Gasteiger partial charge on any atom is -0.338 e. The maximum absolute atomic E-state index is 12.8. The number of hydrogen-bond acceptors (Lipinski definition) is 5. The van der Waals surface area contributed by atoms with Gasteiger partial charge in [0.25, 0.3) is 11.6 Å². The molecule has 11 heteroatoms. The number of rotatable bonds is 5. The lowest BCUT2D eigenvalue weighted by molar-refractivity contribution is -0.388. The van der Waals surface area contributed by atoms with Crippen molar-refractivity contribution in [2.24, 2.45) is 0 Å². The van der Waals surface area contributed by atoms with Crippen LogP contribution in [0.3, 0.4) is 0 Å². The molecular formula is C21H20F3N3O4S. The number of amides is 2. The van der Waals surface area contributed by atoms with Crippen molar-refractivity contribution >= 4 is 29.3 Å². The van der Waals surface area contributed by atoms with E-state index < -0.39 is 22.4 Å². The molecule has 1 aliphatic heterocycles. The molecule has 1 saturated heterocycles. The fourth-order valence-electron chi connectivity index (χ4n) is 3.23. The van der Waals surface area contributed by atoms with Crippen molar-refractivity contribution < 1.29 is 27.7 Å². The second-order valence-corrected chi connectivity index (χ2v) is 8.28. The molecule has 1 aliphatic rings. The van der Waals surface area contributed by atoms with Crippen molar-refractivity contribution in [1.82, 2.24) is 9.80 Å². The van der Waals surface area contributed by atoms with Gasteiger partial charge in [0.1, 0.15) is 0 Å². The molecule has 0 unspecified atom stereocenters. The van der Waals surface area contributed by atoms with Crippen LogP contribution in [0, 0.1) is 17.0 Å². The van der Waals surface area contributed by atoms with Crippen LogP contribution in [0.5, 0.6) is 0 Å². The fraction of sp³-hybridized carbons (Fsp3) is 0.333. The highest BCUT2D eigenvalue weighted by Gasteiger charge is 2.33. The normalized spacial score (nSPS) is 14.4. The number of nitrogens with zero attached hydrogens (tertiary/aromatic N) is 3. The van der Waals surface area contributed by atoms with E-state index in [1.54, 1.807) is 21.9 Å². The summed E-state index contributed by atoms with van der Waals surface area (Å²) in [4.78, 5) is 38.6. The van der Waals surface area contributed by atoms with E-state index in [1.165, 1.54) is 0 Å². The van der Waals surface area contributed by atoms with E-state index in [1.807, 2.05) is 19.1 Å². The Bertz CT molecular complexity index is 1020. The van der Waals surface area contributed by atoms with Crippen molar-refractivity contribution in [2.45, 2.75) is 18.0 Å². The summed E-state index contributed by atoms with van der Waals surface area (Å²) in [5.41, 5.74) is -0.191. The number of aryl methyl sites for hydroxylation is 1. The molecule has 7 nitrogen and oxygen atoms in total. The lowest BCUT2D eigenvalue weighted by Gasteiger charge is -2.34. The zero-order chi connectivity index (χ0) is 23.5. The van der Waals surface area contributed by atoms with Crippen LogP contribution in [-0.4, -0.2) is 58.5 Å². The van der Waals surface area contributed by atoms with Crippen LogP contribution in [0.4, 0.5) is 18.9 Å². The second-order valence-electron chi connectivity index (χ2n) is 7.27. The largest absolute Gasteiger partial charge is 0.416 e. The summed E-state index contributed by atoms with van der Waals surface area (Å²) in [6, 6.07) is 9.45. The van der Waals surface area contributed by atoms with Gasteiger partial charge >= 0.3 is 6.18 Å². The van der Waals surface area contributed by atoms with Crippen LogP contribution in [0.2, 0.25) is 0 Å². The third kappa shape index (κ3) is 5.58. The molecule has 32 heavy (non-hydrogen) atoms. The predicted octanol–water partition coefficient (Wildman–Crippen LogP) is 4.00. The van der Waals surface area contributed by atoms with Crippen LogP contribution >= 0.6 is 11.8 Å². The minimum absolute atomic E-state index is 0.00969. The maximum Gasteiger partial charge on any atom is 0.416 e. The number of carbonyl (C=O) groups excluding carboxylic acids is 2. The first-order valence-corrected chi connectivity index (χ1v) is 10.7. The zero-order valence-electron chi connectivity index (χ0n) is 17.1. The molecule has 0 spiro atoms. The molecule has 0 aliphatic carbocycles. The zero-order valence-corrected chi connectivity index (χ0v) is 17.9. The molecule has 0 N–H and O–H groups in total. The van der Waals surface area contributed by atoms with E-state index in [0.29, 0.717) is 37.8 Å². The van der Waals surface area contributed by atoms with Gasteiger partial charge < -0.3 is 9.80 Å². The first-order chi connectivity index (χ1) is 15.1. The molecule has 3 rings (SSSR count). The molecule has 0 bridgehead atoms. The summed E-state index contributed by atoms with van der Waals surface area (Å²) in [5, 5.41) is 11.2. The number of thioether (sulfide) groups is 1. The Labute approximate surface area is 186 Å². The molecular weight excluding hydrogens is 447 g/mol. The Morgan fingerprint density at radius 3 is 2.19 bits per heavy atom. The molecule has 0 radical (unpaired) electrons. The third-order valence-electron chi connectivity index (χ3n) is 5.05. The molecule has 2 aromatic rings. The monoisotopic (exact) mass is 467 g/mol. The van der Waals surface area contributed by atoms with Gasteiger partial charge in [0.2, 0.25) is 5.91 Å². The van der Waals surface area contributed by atoms with Crippen LogP contribution in [0.25, 0.3) is 0 Å². The summed E-state index contributed by atoms with van der Waals surface area (Å²) in [5.74, 6) is -0.573. The average Bonchev–Trinajstić information content (AvgIpc) is 2.76. The van der Waals surface area contributed by atoms with Crippen molar-refractivity contribution in [2.75, 3.05) is 31.9 Å². The van der Waals surface area contributed by atoms with E-state index in [2.05, 4.69) is 0 Å². The standard InChI is InChI=1S/C21H20F3N3O4S/c1-14-2-4-15(5-3-14)20(29)26-10-8-25(9-11-26)19(28)13-32-18-7-6-16(21(22,23)24)12-17(18)27(30)31/h2-7,12H,8-11,13H2,1H3.